The third-order valence-corrected chi connectivity index (χ3v) is 8.04. The van der Waals surface area contributed by atoms with Gasteiger partial charge in [0.05, 0.1) is 31.5 Å². The molecule has 5 rings (SSSR count). The van der Waals surface area contributed by atoms with Crippen LogP contribution in [0.25, 0.3) is 0 Å². The largest absolute Gasteiger partial charge is 0.495 e. The number of carbonyl (C=O) groups is 3. The quantitative estimate of drug-likeness (QED) is 0.472. The molecule has 2 aromatic rings. The SMILES string of the molecule is COc1cc(C(=O)N[C@H]2CCCC2C(N)=O)ccc1Nc1ncc2c(n1)N(C1CCCC1)CC(F)(F)C(=O)N2C. The van der Waals surface area contributed by atoms with Crippen LogP contribution in [0.15, 0.2) is 24.4 Å². The molecule has 1 unspecified atom stereocenters. The Hall–Kier alpha value is -4.03. The summed E-state index contributed by atoms with van der Waals surface area (Å²) >= 11 is 0. The van der Waals surface area contributed by atoms with Crippen molar-refractivity contribution < 1.29 is 27.9 Å². The first-order valence-corrected chi connectivity index (χ1v) is 13.4. The molecule has 2 aliphatic carbocycles. The van der Waals surface area contributed by atoms with Gasteiger partial charge in [-0.1, -0.05) is 19.3 Å². The van der Waals surface area contributed by atoms with E-state index in [9.17, 15) is 23.2 Å². The van der Waals surface area contributed by atoms with Crippen molar-refractivity contribution in [2.45, 2.75) is 63.0 Å². The maximum atomic E-state index is 14.8. The highest BCUT2D eigenvalue weighted by Gasteiger charge is 2.48. The molecule has 2 saturated carbocycles. The van der Waals surface area contributed by atoms with E-state index >= 15 is 0 Å². The number of benzene rings is 1. The minimum Gasteiger partial charge on any atom is -0.495 e. The Labute approximate surface area is 230 Å². The molecule has 1 aliphatic heterocycles. The summed E-state index contributed by atoms with van der Waals surface area (Å²) in [7, 11) is 2.75. The zero-order chi connectivity index (χ0) is 28.6. The average molecular weight is 558 g/mol. The predicted molar refractivity (Wildman–Crippen MR) is 144 cm³/mol. The predicted octanol–water partition coefficient (Wildman–Crippen LogP) is 2.97. The molecule has 11 nitrogen and oxygen atoms in total. The van der Waals surface area contributed by atoms with Gasteiger partial charge in [0.25, 0.3) is 11.8 Å². The van der Waals surface area contributed by atoms with Crippen molar-refractivity contribution in [1.82, 2.24) is 15.3 Å². The van der Waals surface area contributed by atoms with Crippen LogP contribution in [0.2, 0.25) is 0 Å². The average Bonchev–Trinajstić information content (AvgIpc) is 3.62. The van der Waals surface area contributed by atoms with Gasteiger partial charge in [-0.05, 0) is 43.9 Å². The third kappa shape index (κ3) is 5.24. The molecule has 2 heterocycles. The highest BCUT2D eigenvalue weighted by molar-refractivity contribution is 6.02. The number of hydrogen-bond acceptors (Lipinski definition) is 8. The minimum absolute atomic E-state index is 0.124. The second-order valence-electron chi connectivity index (χ2n) is 10.6. The summed E-state index contributed by atoms with van der Waals surface area (Å²) in [4.78, 5) is 48.4. The fourth-order valence-corrected chi connectivity index (χ4v) is 5.89. The van der Waals surface area contributed by atoms with E-state index in [2.05, 4.69) is 20.6 Å². The number of aromatic nitrogens is 2. The van der Waals surface area contributed by atoms with Gasteiger partial charge < -0.3 is 30.9 Å². The summed E-state index contributed by atoms with van der Waals surface area (Å²) in [6, 6.07) is 4.29. The number of alkyl halides is 2. The van der Waals surface area contributed by atoms with Crippen LogP contribution in [0, 0.1) is 5.92 Å². The Kier molecular flexibility index (Phi) is 7.47. The number of amides is 3. The molecule has 40 heavy (non-hydrogen) atoms. The fourth-order valence-electron chi connectivity index (χ4n) is 5.89. The van der Waals surface area contributed by atoms with Gasteiger partial charge in [-0.2, -0.15) is 13.8 Å². The Morgan fingerprint density at radius 3 is 2.60 bits per heavy atom. The number of nitrogens with zero attached hydrogens (tertiary/aromatic N) is 4. The van der Waals surface area contributed by atoms with Crippen LogP contribution in [0.4, 0.5) is 31.9 Å². The number of primary amides is 1. The molecule has 13 heteroatoms. The third-order valence-electron chi connectivity index (χ3n) is 8.04. The second kappa shape index (κ2) is 10.9. The number of fused-ring (bicyclic) bond motifs is 1. The van der Waals surface area contributed by atoms with Gasteiger partial charge in [0, 0.05) is 24.7 Å². The first-order valence-electron chi connectivity index (χ1n) is 13.4. The lowest BCUT2D eigenvalue weighted by molar-refractivity contribution is -0.140. The van der Waals surface area contributed by atoms with Gasteiger partial charge in [-0.15, -0.1) is 0 Å². The molecule has 214 valence electrons. The Balaban J connectivity index is 1.40. The van der Waals surface area contributed by atoms with Crippen molar-refractivity contribution >= 4 is 40.9 Å². The minimum atomic E-state index is -3.57. The maximum absolute atomic E-state index is 14.8. The smallest absolute Gasteiger partial charge is 0.342 e. The highest BCUT2D eigenvalue weighted by atomic mass is 19.3. The molecular weight excluding hydrogens is 524 g/mol. The number of ether oxygens (including phenoxy) is 1. The maximum Gasteiger partial charge on any atom is 0.342 e. The van der Waals surface area contributed by atoms with E-state index in [4.69, 9.17) is 10.5 Å². The summed E-state index contributed by atoms with van der Waals surface area (Å²) in [6.07, 6.45) is 6.80. The van der Waals surface area contributed by atoms with Crippen molar-refractivity contribution in [3.05, 3.63) is 30.0 Å². The number of hydrogen-bond donors (Lipinski definition) is 3. The van der Waals surface area contributed by atoms with Crippen molar-refractivity contribution in [3.8, 4) is 5.75 Å². The molecule has 2 atom stereocenters. The standard InChI is InChI=1S/C27H33F2N7O4/c1-35-20-13-31-26(34-23(20)36(16-6-3-4-7-16)14-27(28,29)25(35)39)33-19-11-10-15(12-21(19)40-2)24(38)32-18-9-5-8-17(18)22(30)37/h10-13,16-18H,3-9,14H2,1-2H3,(H2,30,37)(H,32,38)(H,31,33,34)/t17?,18-/m0/s1. The van der Waals surface area contributed by atoms with Crippen LogP contribution in [-0.2, 0) is 9.59 Å². The number of rotatable bonds is 7. The monoisotopic (exact) mass is 557 g/mol. The Bertz CT molecular complexity index is 1320. The first kappa shape index (κ1) is 27.5. The molecule has 0 radical (unpaired) electrons. The van der Waals surface area contributed by atoms with Gasteiger partial charge in [0.2, 0.25) is 11.9 Å². The summed E-state index contributed by atoms with van der Waals surface area (Å²) in [6.45, 7) is -0.755. The molecule has 3 amide bonds. The number of nitrogens with one attached hydrogen (secondary N) is 2. The zero-order valence-corrected chi connectivity index (χ0v) is 22.5. The molecule has 0 spiro atoms. The number of carbonyl (C=O) groups excluding carboxylic acids is 3. The van der Waals surface area contributed by atoms with Crippen LogP contribution < -0.4 is 30.9 Å². The molecular formula is C27H33F2N7O4. The lowest BCUT2D eigenvalue weighted by Crippen LogP contribution is -2.48. The van der Waals surface area contributed by atoms with Gasteiger partial charge in [-0.25, -0.2) is 4.98 Å². The van der Waals surface area contributed by atoms with Crippen molar-refractivity contribution in [2.75, 3.05) is 35.8 Å². The van der Waals surface area contributed by atoms with E-state index < -0.39 is 30.2 Å². The van der Waals surface area contributed by atoms with E-state index in [1.807, 2.05) is 0 Å². The Morgan fingerprint density at radius 1 is 1.15 bits per heavy atom. The van der Waals surface area contributed by atoms with Gasteiger partial charge in [-0.3, -0.25) is 14.4 Å². The van der Waals surface area contributed by atoms with Crippen molar-refractivity contribution in [1.29, 1.82) is 0 Å². The number of anilines is 4. The lowest BCUT2D eigenvalue weighted by Gasteiger charge is -2.31. The van der Waals surface area contributed by atoms with Gasteiger partial charge in [0.1, 0.15) is 11.4 Å². The zero-order valence-electron chi connectivity index (χ0n) is 22.5. The molecule has 0 saturated heterocycles. The summed E-state index contributed by atoms with van der Waals surface area (Å²) < 4.78 is 35.2. The normalized spacial score (nSPS) is 22.6. The summed E-state index contributed by atoms with van der Waals surface area (Å²) in [5.74, 6) is -5.33. The summed E-state index contributed by atoms with van der Waals surface area (Å²) in [5.41, 5.74) is 6.46. The number of nitrogens with two attached hydrogens (primary N) is 1. The van der Waals surface area contributed by atoms with E-state index in [1.165, 1.54) is 25.3 Å². The topological polar surface area (TPSA) is 143 Å². The van der Waals surface area contributed by atoms with E-state index in [0.717, 1.165) is 37.0 Å². The van der Waals surface area contributed by atoms with E-state index in [-0.39, 0.29) is 35.4 Å². The molecule has 0 bridgehead atoms. The van der Waals surface area contributed by atoms with E-state index in [0.29, 0.717) is 29.8 Å². The lowest BCUT2D eigenvalue weighted by atomic mass is 10.0. The van der Waals surface area contributed by atoms with Crippen LogP contribution in [0.3, 0.4) is 0 Å². The first-order chi connectivity index (χ1) is 19.1. The Morgan fingerprint density at radius 2 is 1.90 bits per heavy atom. The molecule has 1 aromatic heterocycles. The highest BCUT2D eigenvalue weighted by Crippen LogP contribution is 2.40. The summed E-state index contributed by atoms with van der Waals surface area (Å²) in [5, 5.41) is 5.95. The van der Waals surface area contributed by atoms with Crippen LogP contribution in [0.5, 0.6) is 5.75 Å². The van der Waals surface area contributed by atoms with Crippen molar-refractivity contribution in [3.63, 3.8) is 0 Å². The second-order valence-corrected chi connectivity index (χ2v) is 10.6. The van der Waals surface area contributed by atoms with Crippen LogP contribution >= 0.6 is 0 Å². The fraction of sp³-hybridized carbons (Fsp3) is 0.519. The van der Waals surface area contributed by atoms with Gasteiger partial charge in [0.15, 0.2) is 5.82 Å². The van der Waals surface area contributed by atoms with Crippen LogP contribution in [0.1, 0.15) is 55.3 Å². The van der Waals surface area contributed by atoms with Crippen molar-refractivity contribution in [2.24, 2.45) is 11.7 Å². The van der Waals surface area contributed by atoms with Gasteiger partial charge >= 0.3 is 5.92 Å². The molecule has 3 aliphatic rings. The van der Waals surface area contributed by atoms with Crippen LogP contribution in [-0.4, -0.2) is 66.4 Å². The molecule has 2 fully saturated rings. The number of methoxy groups -OCH3 is 1. The number of halogens is 2. The molecule has 4 N–H and O–H groups in total. The molecule has 1 aromatic carbocycles. The van der Waals surface area contributed by atoms with E-state index in [1.54, 1.807) is 18.2 Å².